The fraction of sp³-hybridized carbons (Fsp3) is 0.250. The van der Waals surface area contributed by atoms with E-state index < -0.39 is 22.1 Å². The summed E-state index contributed by atoms with van der Waals surface area (Å²) in [5, 5.41) is 7.27. The molecule has 1 N–H and O–H groups in total. The van der Waals surface area contributed by atoms with E-state index in [2.05, 4.69) is 15.3 Å². The number of sulfonamides is 1. The number of halogens is 1. The van der Waals surface area contributed by atoms with Crippen LogP contribution in [0.5, 0.6) is 0 Å². The minimum Gasteiger partial charge on any atom is -0.460 e. The van der Waals surface area contributed by atoms with Crippen molar-refractivity contribution in [3.05, 3.63) is 130 Å². The van der Waals surface area contributed by atoms with E-state index in [1.807, 2.05) is 54.6 Å². The second-order valence-corrected chi connectivity index (χ2v) is 14.4. The Labute approximate surface area is 278 Å². The molecule has 10 nitrogen and oxygen atoms in total. The maximum atomic E-state index is 14.9. The number of carbonyl (C=O) groups excluding carboxylic acids is 1. The maximum Gasteiger partial charge on any atom is 0.251 e. The van der Waals surface area contributed by atoms with Crippen molar-refractivity contribution in [2.45, 2.75) is 19.0 Å². The number of carbonyl (C=O) groups is 1. The van der Waals surface area contributed by atoms with Gasteiger partial charge in [-0.25, -0.2) is 22.5 Å². The van der Waals surface area contributed by atoms with Crippen molar-refractivity contribution >= 4 is 33.0 Å². The van der Waals surface area contributed by atoms with Crippen LogP contribution < -0.4 is 5.32 Å². The number of likely N-dealkylation sites (N-methyl/N-ethyl adjacent to an activating group) is 2. The Kier molecular flexibility index (Phi) is 7.02. The zero-order chi connectivity index (χ0) is 33.3. The lowest BCUT2D eigenvalue weighted by molar-refractivity contribution is -0.117. The van der Waals surface area contributed by atoms with Crippen molar-refractivity contribution in [2.24, 2.45) is 11.8 Å². The van der Waals surface area contributed by atoms with E-state index in [1.165, 1.54) is 11.4 Å². The number of alkyl halides is 1. The summed E-state index contributed by atoms with van der Waals surface area (Å²) in [6.45, 7) is 0.725. The summed E-state index contributed by atoms with van der Waals surface area (Å²) >= 11 is 0. The first kappa shape index (κ1) is 30.1. The van der Waals surface area contributed by atoms with E-state index >= 15 is 0 Å². The number of amides is 1. The molecule has 2 aliphatic carbocycles. The Bertz CT molecular complexity index is 2180. The molecule has 0 saturated carbocycles. The zero-order valence-corrected chi connectivity index (χ0v) is 27.4. The van der Waals surface area contributed by atoms with Crippen LogP contribution in [0.25, 0.3) is 22.7 Å². The third-order valence-corrected chi connectivity index (χ3v) is 10.8. The Morgan fingerprint density at radius 1 is 1.17 bits per heavy atom. The second-order valence-electron chi connectivity index (χ2n) is 12.4. The van der Waals surface area contributed by atoms with E-state index in [9.17, 15) is 17.6 Å². The molecule has 3 aromatic rings. The van der Waals surface area contributed by atoms with Crippen LogP contribution in [0.3, 0.4) is 0 Å². The fourth-order valence-corrected chi connectivity index (χ4v) is 7.66. The van der Waals surface area contributed by atoms with E-state index in [1.54, 1.807) is 42.4 Å². The van der Waals surface area contributed by atoms with Crippen LogP contribution in [0.1, 0.15) is 28.9 Å². The van der Waals surface area contributed by atoms with E-state index in [-0.39, 0.29) is 18.2 Å². The molecular weight excluding hydrogens is 631 g/mol. The molecule has 0 saturated heterocycles. The number of fused-ring (bicyclic) bond motifs is 6. The molecule has 1 amide bonds. The quantitative estimate of drug-likeness (QED) is 0.411. The third-order valence-electron chi connectivity index (χ3n) is 9.65. The van der Waals surface area contributed by atoms with Gasteiger partial charge in [0, 0.05) is 44.2 Å². The molecule has 5 aliphatic rings. The molecule has 0 bridgehead atoms. The van der Waals surface area contributed by atoms with Crippen molar-refractivity contribution in [3.63, 3.8) is 0 Å². The summed E-state index contributed by atoms with van der Waals surface area (Å²) in [5.74, 6) is -0.344. The van der Waals surface area contributed by atoms with Gasteiger partial charge in [-0.2, -0.15) is 5.10 Å². The monoisotopic (exact) mass is 664 g/mol. The second kappa shape index (κ2) is 11.2. The molecule has 3 unspecified atom stereocenters. The molecular formula is C36H33FN6O4S. The topological polar surface area (TPSA) is 110 Å². The van der Waals surface area contributed by atoms with Gasteiger partial charge in [-0.15, -0.1) is 0 Å². The van der Waals surface area contributed by atoms with Gasteiger partial charge in [-0.3, -0.25) is 9.10 Å². The molecule has 48 heavy (non-hydrogen) atoms. The first-order chi connectivity index (χ1) is 23.1. The molecule has 12 heteroatoms. The van der Waals surface area contributed by atoms with Crippen molar-refractivity contribution in [1.82, 2.24) is 29.3 Å². The highest BCUT2D eigenvalue weighted by Gasteiger charge is 2.43. The van der Waals surface area contributed by atoms with Gasteiger partial charge < -0.3 is 15.0 Å². The molecule has 3 atom stereocenters. The average Bonchev–Trinajstić information content (AvgIpc) is 3.83. The predicted octanol–water partition coefficient (Wildman–Crippen LogP) is 4.58. The SMILES string of the molecule is CNC(=O)C1=C(c2cnn(-c3ccccc3)c2)OC2=CC(N(C)S(C)(=O)=O)=C(c3ccc4c(n3)C3=CC5C(=CC=CC5F)N3CC4)CC21. The summed E-state index contributed by atoms with van der Waals surface area (Å²) in [6.07, 6.45) is 13.4. The van der Waals surface area contributed by atoms with Crippen LogP contribution >= 0.6 is 0 Å². The number of rotatable bonds is 6. The number of pyridine rings is 1. The number of para-hydroxylation sites is 1. The van der Waals surface area contributed by atoms with Crippen molar-refractivity contribution in [3.8, 4) is 5.69 Å². The van der Waals surface area contributed by atoms with Crippen LogP contribution in [0.4, 0.5) is 4.39 Å². The normalized spacial score (nSPS) is 22.6. The molecule has 3 aliphatic heterocycles. The number of benzene rings is 1. The van der Waals surface area contributed by atoms with Gasteiger partial charge in [-0.1, -0.05) is 30.3 Å². The number of nitrogens with one attached hydrogen (secondary N) is 1. The molecule has 5 heterocycles. The fourth-order valence-electron chi connectivity index (χ4n) is 7.14. The maximum absolute atomic E-state index is 14.9. The number of ether oxygens (including phenoxy) is 1. The van der Waals surface area contributed by atoms with Crippen LogP contribution in [0.15, 0.2) is 108 Å². The number of nitrogens with zero attached hydrogens (tertiary/aromatic N) is 5. The van der Waals surface area contributed by atoms with Gasteiger partial charge in [0.2, 0.25) is 10.0 Å². The standard InChI is InChI=1S/C36H33FN6O4S/c1-38-36(44)33-26-16-25(28-13-12-21-14-15-42-29-11-7-10-27(37)24(29)17-31(42)34(21)40-28)30(41(2)48(3,45)46)18-32(26)47-35(33)22-19-39-43(20-22)23-8-5-4-6-9-23/h4-13,17-20,24,26-27H,14-16H2,1-3H3,(H,38,44). The molecule has 2 aromatic heterocycles. The number of aromatic nitrogens is 3. The van der Waals surface area contributed by atoms with Crippen LogP contribution in [-0.4, -0.2) is 71.4 Å². The average molecular weight is 665 g/mol. The smallest absolute Gasteiger partial charge is 0.251 e. The molecule has 0 fully saturated rings. The molecule has 244 valence electrons. The van der Waals surface area contributed by atoms with Gasteiger partial charge in [0.05, 0.1) is 63.9 Å². The highest BCUT2D eigenvalue weighted by atomic mass is 32.2. The van der Waals surface area contributed by atoms with E-state index in [4.69, 9.17) is 9.72 Å². The Morgan fingerprint density at radius 2 is 1.98 bits per heavy atom. The van der Waals surface area contributed by atoms with Crippen molar-refractivity contribution in [2.75, 3.05) is 26.9 Å². The van der Waals surface area contributed by atoms with E-state index in [0.29, 0.717) is 39.6 Å². The summed E-state index contributed by atoms with van der Waals surface area (Å²) in [7, 11) is -0.615. The third kappa shape index (κ3) is 4.81. The van der Waals surface area contributed by atoms with Gasteiger partial charge >= 0.3 is 0 Å². The zero-order valence-electron chi connectivity index (χ0n) is 26.6. The van der Waals surface area contributed by atoms with Crippen LogP contribution in [-0.2, 0) is 26.0 Å². The summed E-state index contributed by atoms with van der Waals surface area (Å²) < 4.78 is 50.2. The predicted molar refractivity (Wildman–Crippen MR) is 180 cm³/mol. The highest BCUT2D eigenvalue weighted by Crippen LogP contribution is 2.49. The highest BCUT2D eigenvalue weighted by molar-refractivity contribution is 7.88. The minimum absolute atomic E-state index is 0.263. The minimum atomic E-state index is -3.69. The number of allylic oxidation sites excluding steroid dienone is 7. The molecule has 8 rings (SSSR count). The van der Waals surface area contributed by atoms with Gasteiger partial charge in [0.15, 0.2) is 0 Å². The van der Waals surface area contributed by atoms with Gasteiger partial charge in [-0.05, 0) is 54.8 Å². The Hall–Kier alpha value is -5.23. The lowest BCUT2D eigenvalue weighted by Crippen LogP contribution is -2.30. The van der Waals surface area contributed by atoms with Crippen LogP contribution in [0.2, 0.25) is 0 Å². The molecule has 0 spiro atoms. The van der Waals surface area contributed by atoms with Crippen molar-refractivity contribution < 1.29 is 22.3 Å². The number of hydrogen-bond donors (Lipinski definition) is 1. The van der Waals surface area contributed by atoms with Crippen molar-refractivity contribution in [1.29, 1.82) is 0 Å². The number of hydrogen-bond acceptors (Lipinski definition) is 7. The molecule has 0 radical (unpaired) electrons. The van der Waals surface area contributed by atoms with Gasteiger partial charge in [0.25, 0.3) is 5.91 Å². The van der Waals surface area contributed by atoms with Crippen LogP contribution in [0, 0.1) is 11.8 Å². The lowest BCUT2D eigenvalue weighted by Gasteiger charge is -2.32. The first-order valence-electron chi connectivity index (χ1n) is 15.8. The summed E-state index contributed by atoms with van der Waals surface area (Å²) in [5.41, 5.74) is 7.12. The first-order valence-corrected chi connectivity index (χ1v) is 17.6. The Balaban J connectivity index is 1.23. The van der Waals surface area contributed by atoms with E-state index in [0.717, 1.165) is 47.6 Å². The Morgan fingerprint density at radius 3 is 2.75 bits per heavy atom. The molecule has 1 aromatic carbocycles. The van der Waals surface area contributed by atoms with Gasteiger partial charge in [0.1, 0.15) is 17.7 Å². The summed E-state index contributed by atoms with van der Waals surface area (Å²) in [6, 6.07) is 13.5. The largest absolute Gasteiger partial charge is 0.460 e. The summed E-state index contributed by atoms with van der Waals surface area (Å²) in [4.78, 5) is 20.8. The lowest BCUT2D eigenvalue weighted by atomic mass is 9.83.